The number of halogens is 2. The summed E-state index contributed by atoms with van der Waals surface area (Å²) >= 11 is 3.10. The van der Waals surface area contributed by atoms with Crippen LogP contribution in [0.2, 0.25) is 0 Å². The van der Waals surface area contributed by atoms with E-state index >= 15 is 0 Å². The van der Waals surface area contributed by atoms with Crippen molar-refractivity contribution >= 4 is 27.5 Å². The molecule has 0 unspecified atom stereocenters. The number of amides is 1. The number of anilines is 1. The summed E-state index contributed by atoms with van der Waals surface area (Å²) in [5, 5.41) is 2.76. The first-order chi connectivity index (χ1) is 9.51. The molecule has 0 aliphatic heterocycles. The Morgan fingerprint density at radius 1 is 1.25 bits per heavy atom. The summed E-state index contributed by atoms with van der Waals surface area (Å²) < 4.78 is 18.7. The molecule has 1 amide bonds. The SMILES string of the molecule is COc1ccc(C(=O)Nc2cc(Br)c(F)cc2C)cc1. The average molecular weight is 338 g/mol. The molecule has 0 aliphatic carbocycles. The summed E-state index contributed by atoms with van der Waals surface area (Å²) in [5.74, 6) is 0.0708. The smallest absolute Gasteiger partial charge is 0.255 e. The van der Waals surface area contributed by atoms with Crippen LogP contribution in [0.15, 0.2) is 40.9 Å². The number of hydrogen-bond donors (Lipinski definition) is 1. The number of carbonyl (C=O) groups is 1. The number of ether oxygens (including phenoxy) is 1. The molecule has 5 heteroatoms. The van der Waals surface area contributed by atoms with E-state index in [-0.39, 0.29) is 11.7 Å². The van der Waals surface area contributed by atoms with Gasteiger partial charge >= 0.3 is 0 Å². The Labute approximate surface area is 124 Å². The van der Waals surface area contributed by atoms with Crippen molar-refractivity contribution in [2.24, 2.45) is 0 Å². The lowest BCUT2D eigenvalue weighted by atomic mass is 10.1. The molecule has 104 valence electrons. The number of rotatable bonds is 3. The Balaban J connectivity index is 2.20. The Morgan fingerprint density at radius 2 is 1.90 bits per heavy atom. The molecule has 2 rings (SSSR count). The molecule has 0 radical (unpaired) electrons. The van der Waals surface area contributed by atoms with Gasteiger partial charge in [-0.1, -0.05) is 0 Å². The van der Waals surface area contributed by atoms with E-state index in [0.717, 1.165) is 0 Å². The first kappa shape index (κ1) is 14.5. The van der Waals surface area contributed by atoms with Crippen molar-refractivity contribution in [2.45, 2.75) is 6.92 Å². The summed E-state index contributed by atoms with van der Waals surface area (Å²) in [6.45, 7) is 1.74. The molecule has 0 aliphatic rings. The molecule has 0 aromatic heterocycles. The summed E-state index contributed by atoms with van der Waals surface area (Å²) in [5.41, 5.74) is 1.73. The Morgan fingerprint density at radius 3 is 2.50 bits per heavy atom. The molecule has 0 spiro atoms. The normalized spacial score (nSPS) is 10.2. The van der Waals surface area contributed by atoms with Gasteiger partial charge in [0.2, 0.25) is 0 Å². The molecule has 0 saturated heterocycles. The molecule has 0 bridgehead atoms. The monoisotopic (exact) mass is 337 g/mol. The van der Waals surface area contributed by atoms with E-state index in [4.69, 9.17) is 4.74 Å². The minimum atomic E-state index is -0.357. The second-order valence-electron chi connectivity index (χ2n) is 4.26. The lowest BCUT2D eigenvalue weighted by Crippen LogP contribution is -2.12. The highest BCUT2D eigenvalue weighted by Gasteiger charge is 2.10. The fourth-order valence-electron chi connectivity index (χ4n) is 1.72. The lowest BCUT2D eigenvalue weighted by Gasteiger charge is -2.10. The Kier molecular flexibility index (Phi) is 4.39. The number of aryl methyl sites for hydroxylation is 1. The van der Waals surface area contributed by atoms with Gasteiger partial charge in [0.1, 0.15) is 11.6 Å². The van der Waals surface area contributed by atoms with Crippen LogP contribution < -0.4 is 10.1 Å². The highest BCUT2D eigenvalue weighted by molar-refractivity contribution is 9.10. The number of hydrogen-bond acceptors (Lipinski definition) is 2. The van der Waals surface area contributed by atoms with Crippen molar-refractivity contribution in [1.82, 2.24) is 0 Å². The van der Waals surface area contributed by atoms with Gasteiger partial charge in [-0.05, 0) is 64.8 Å². The van der Waals surface area contributed by atoms with Crippen LogP contribution in [0, 0.1) is 12.7 Å². The van der Waals surface area contributed by atoms with Crippen molar-refractivity contribution in [1.29, 1.82) is 0 Å². The Hall–Kier alpha value is -1.88. The maximum absolute atomic E-state index is 13.3. The van der Waals surface area contributed by atoms with E-state index in [9.17, 15) is 9.18 Å². The number of nitrogens with one attached hydrogen (secondary N) is 1. The van der Waals surface area contributed by atoms with Crippen LogP contribution in [0.3, 0.4) is 0 Å². The largest absolute Gasteiger partial charge is 0.497 e. The minimum Gasteiger partial charge on any atom is -0.497 e. The highest BCUT2D eigenvalue weighted by Crippen LogP contribution is 2.24. The molecule has 0 saturated carbocycles. The molecule has 2 aromatic carbocycles. The quantitative estimate of drug-likeness (QED) is 0.913. The fraction of sp³-hybridized carbons (Fsp3) is 0.133. The second kappa shape index (κ2) is 6.05. The zero-order valence-corrected chi connectivity index (χ0v) is 12.6. The van der Waals surface area contributed by atoms with Crippen LogP contribution in [-0.2, 0) is 0 Å². The molecule has 20 heavy (non-hydrogen) atoms. The third-order valence-corrected chi connectivity index (χ3v) is 3.48. The summed E-state index contributed by atoms with van der Waals surface area (Å²) in [6, 6.07) is 9.68. The summed E-state index contributed by atoms with van der Waals surface area (Å²) in [4.78, 5) is 12.1. The number of methoxy groups -OCH3 is 1. The second-order valence-corrected chi connectivity index (χ2v) is 5.12. The van der Waals surface area contributed by atoms with Crippen molar-refractivity contribution in [3.8, 4) is 5.75 Å². The molecule has 0 fully saturated rings. The number of carbonyl (C=O) groups excluding carboxylic acids is 1. The van der Waals surface area contributed by atoms with E-state index in [1.165, 1.54) is 6.07 Å². The van der Waals surface area contributed by atoms with Crippen LogP contribution in [-0.4, -0.2) is 13.0 Å². The molecule has 0 atom stereocenters. The number of benzene rings is 2. The van der Waals surface area contributed by atoms with Crippen molar-refractivity contribution in [2.75, 3.05) is 12.4 Å². The fourth-order valence-corrected chi connectivity index (χ4v) is 2.06. The van der Waals surface area contributed by atoms with Gasteiger partial charge in [0.25, 0.3) is 5.91 Å². The maximum atomic E-state index is 13.3. The van der Waals surface area contributed by atoms with E-state index in [1.54, 1.807) is 44.4 Å². The molecular weight excluding hydrogens is 325 g/mol. The Bertz CT molecular complexity index is 641. The van der Waals surface area contributed by atoms with Crippen LogP contribution in [0.5, 0.6) is 5.75 Å². The van der Waals surface area contributed by atoms with Crippen molar-refractivity contribution < 1.29 is 13.9 Å². The summed E-state index contributed by atoms with van der Waals surface area (Å²) in [6.07, 6.45) is 0. The minimum absolute atomic E-state index is 0.255. The van der Waals surface area contributed by atoms with Crippen LogP contribution in [0.1, 0.15) is 15.9 Å². The topological polar surface area (TPSA) is 38.3 Å². The van der Waals surface area contributed by atoms with E-state index in [1.807, 2.05) is 0 Å². The van der Waals surface area contributed by atoms with E-state index in [0.29, 0.717) is 27.0 Å². The molecule has 2 aromatic rings. The maximum Gasteiger partial charge on any atom is 0.255 e. The zero-order valence-electron chi connectivity index (χ0n) is 11.0. The van der Waals surface area contributed by atoms with Gasteiger partial charge in [-0.3, -0.25) is 4.79 Å². The zero-order chi connectivity index (χ0) is 14.7. The third kappa shape index (κ3) is 3.17. The standard InChI is InChI=1S/C15H13BrFNO2/c1-9-7-13(17)12(16)8-14(9)18-15(19)10-3-5-11(20-2)6-4-10/h3-8H,1-2H3,(H,18,19). The van der Waals surface area contributed by atoms with Crippen molar-refractivity contribution in [3.05, 3.63) is 57.8 Å². The van der Waals surface area contributed by atoms with Crippen LogP contribution in [0.4, 0.5) is 10.1 Å². The third-order valence-electron chi connectivity index (χ3n) is 2.87. The van der Waals surface area contributed by atoms with Crippen LogP contribution >= 0.6 is 15.9 Å². The molecule has 1 N–H and O–H groups in total. The van der Waals surface area contributed by atoms with Gasteiger partial charge in [0, 0.05) is 11.3 Å². The van der Waals surface area contributed by atoms with Gasteiger partial charge in [-0.25, -0.2) is 4.39 Å². The van der Waals surface area contributed by atoms with E-state index < -0.39 is 0 Å². The molecule has 0 heterocycles. The lowest BCUT2D eigenvalue weighted by molar-refractivity contribution is 0.102. The van der Waals surface area contributed by atoms with E-state index in [2.05, 4.69) is 21.2 Å². The van der Waals surface area contributed by atoms with Gasteiger partial charge in [0.05, 0.1) is 11.6 Å². The van der Waals surface area contributed by atoms with Gasteiger partial charge in [-0.2, -0.15) is 0 Å². The van der Waals surface area contributed by atoms with Gasteiger partial charge in [0.15, 0.2) is 0 Å². The predicted molar refractivity (Wildman–Crippen MR) is 79.8 cm³/mol. The summed E-state index contributed by atoms with van der Waals surface area (Å²) in [7, 11) is 1.56. The highest BCUT2D eigenvalue weighted by atomic mass is 79.9. The molecular formula is C15H13BrFNO2. The van der Waals surface area contributed by atoms with Gasteiger partial charge < -0.3 is 10.1 Å². The van der Waals surface area contributed by atoms with Crippen LogP contribution in [0.25, 0.3) is 0 Å². The first-order valence-corrected chi connectivity index (χ1v) is 6.71. The van der Waals surface area contributed by atoms with Gasteiger partial charge in [-0.15, -0.1) is 0 Å². The average Bonchev–Trinajstić information content (AvgIpc) is 2.44. The molecule has 3 nitrogen and oxygen atoms in total. The van der Waals surface area contributed by atoms with Crippen molar-refractivity contribution in [3.63, 3.8) is 0 Å². The predicted octanol–water partition coefficient (Wildman–Crippen LogP) is 4.16. The first-order valence-electron chi connectivity index (χ1n) is 5.92.